The number of hydrogen-bond donors (Lipinski definition) is 2. The number of amides is 1. The summed E-state index contributed by atoms with van der Waals surface area (Å²) in [5.41, 5.74) is 0. The van der Waals surface area contributed by atoms with Gasteiger partial charge in [0, 0.05) is 4.47 Å². The molecule has 2 rings (SSSR count). The Balaban J connectivity index is 2.18. The first kappa shape index (κ1) is 19.2. The Morgan fingerprint density at radius 1 is 1.25 bits per heavy atom. The number of ether oxygens (including phenoxy) is 1. The van der Waals surface area contributed by atoms with E-state index in [1.165, 1.54) is 12.1 Å². The number of alkyl carbamates (subject to hydrolysis) is 1. The minimum absolute atomic E-state index is 0.00452. The van der Waals surface area contributed by atoms with Crippen molar-refractivity contribution in [2.24, 2.45) is 0 Å². The molecule has 134 valence electrons. The van der Waals surface area contributed by atoms with E-state index in [0.717, 1.165) is 0 Å². The van der Waals surface area contributed by atoms with E-state index in [1.54, 1.807) is 19.1 Å². The maximum atomic E-state index is 12.4. The van der Waals surface area contributed by atoms with Crippen molar-refractivity contribution in [3.05, 3.63) is 28.7 Å². The van der Waals surface area contributed by atoms with E-state index in [9.17, 15) is 21.6 Å². The molecule has 0 aliphatic carbocycles. The van der Waals surface area contributed by atoms with Crippen LogP contribution in [-0.4, -0.2) is 53.1 Å². The van der Waals surface area contributed by atoms with Crippen LogP contribution >= 0.6 is 15.9 Å². The summed E-state index contributed by atoms with van der Waals surface area (Å²) in [6.45, 7) is 1.74. The second-order valence-electron chi connectivity index (χ2n) is 5.23. The van der Waals surface area contributed by atoms with Gasteiger partial charge in [0.2, 0.25) is 10.0 Å². The first-order chi connectivity index (χ1) is 11.1. The van der Waals surface area contributed by atoms with E-state index in [2.05, 4.69) is 26.0 Å². The van der Waals surface area contributed by atoms with Crippen LogP contribution in [0.2, 0.25) is 0 Å². The zero-order valence-electron chi connectivity index (χ0n) is 12.7. The minimum Gasteiger partial charge on any atom is -0.450 e. The molecule has 0 unspecified atom stereocenters. The highest BCUT2D eigenvalue weighted by molar-refractivity contribution is 9.10. The lowest BCUT2D eigenvalue weighted by atomic mass is 10.2. The van der Waals surface area contributed by atoms with Crippen molar-refractivity contribution >= 4 is 41.9 Å². The van der Waals surface area contributed by atoms with Crippen molar-refractivity contribution in [2.75, 3.05) is 18.1 Å². The molecule has 1 fully saturated rings. The molecule has 1 amide bonds. The molecule has 0 bridgehead atoms. The van der Waals surface area contributed by atoms with E-state index >= 15 is 0 Å². The summed E-state index contributed by atoms with van der Waals surface area (Å²) in [6, 6.07) is 4.06. The molecular formula is C13H17BrN2O6S2. The highest BCUT2D eigenvalue weighted by Gasteiger charge is 2.41. The van der Waals surface area contributed by atoms with Crippen LogP contribution in [0.25, 0.3) is 0 Å². The van der Waals surface area contributed by atoms with Gasteiger partial charge in [0.15, 0.2) is 9.84 Å². The van der Waals surface area contributed by atoms with E-state index < -0.39 is 38.0 Å². The molecule has 1 heterocycles. The van der Waals surface area contributed by atoms with E-state index in [0.29, 0.717) is 4.47 Å². The van der Waals surface area contributed by atoms with Crippen LogP contribution in [0.15, 0.2) is 33.6 Å². The fourth-order valence-corrected chi connectivity index (χ4v) is 5.82. The molecule has 1 aromatic carbocycles. The summed E-state index contributed by atoms with van der Waals surface area (Å²) in [5.74, 6) is -0.737. The predicted molar refractivity (Wildman–Crippen MR) is 90.9 cm³/mol. The second kappa shape index (κ2) is 7.38. The predicted octanol–water partition coefficient (Wildman–Crippen LogP) is 0.639. The SMILES string of the molecule is CCOC(=O)N[C@H]1CS(=O)(=O)C[C@H]1NS(=O)(=O)c1ccc(Br)cc1. The van der Waals surface area contributed by atoms with Gasteiger partial charge < -0.3 is 10.1 Å². The highest BCUT2D eigenvalue weighted by atomic mass is 79.9. The van der Waals surface area contributed by atoms with Gasteiger partial charge in [-0.05, 0) is 31.2 Å². The quantitative estimate of drug-likeness (QED) is 0.693. The molecule has 8 nitrogen and oxygen atoms in total. The van der Waals surface area contributed by atoms with Crippen LogP contribution in [0.3, 0.4) is 0 Å². The van der Waals surface area contributed by atoms with Gasteiger partial charge in [0.05, 0.1) is 35.1 Å². The van der Waals surface area contributed by atoms with Crippen molar-refractivity contribution in [3.63, 3.8) is 0 Å². The van der Waals surface area contributed by atoms with Crippen molar-refractivity contribution < 1.29 is 26.4 Å². The Morgan fingerprint density at radius 2 is 1.83 bits per heavy atom. The molecule has 1 aliphatic rings. The summed E-state index contributed by atoms with van der Waals surface area (Å²) in [5, 5.41) is 2.39. The number of benzene rings is 1. The number of nitrogens with one attached hydrogen (secondary N) is 2. The lowest BCUT2D eigenvalue weighted by Crippen LogP contribution is -2.50. The van der Waals surface area contributed by atoms with Crippen LogP contribution < -0.4 is 10.0 Å². The van der Waals surface area contributed by atoms with Crippen molar-refractivity contribution in [1.82, 2.24) is 10.0 Å². The maximum absolute atomic E-state index is 12.4. The first-order valence-electron chi connectivity index (χ1n) is 7.04. The Bertz CT molecular complexity index is 807. The Labute approximate surface area is 149 Å². The third-order valence-corrected chi connectivity index (χ3v) is 7.13. The highest BCUT2D eigenvalue weighted by Crippen LogP contribution is 2.18. The van der Waals surface area contributed by atoms with Gasteiger partial charge in [-0.2, -0.15) is 0 Å². The minimum atomic E-state index is -3.92. The van der Waals surface area contributed by atoms with Gasteiger partial charge in [-0.15, -0.1) is 0 Å². The molecule has 0 radical (unpaired) electrons. The average molecular weight is 441 g/mol. The molecule has 1 saturated heterocycles. The van der Waals surface area contributed by atoms with E-state index in [4.69, 9.17) is 4.74 Å². The van der Waals surface area contributed by atoms with Crippen LogP contribution in [0.5, 0.6) is 0 Å². The molecule has 0 saturated carbocycles. The number of rotatable bonds is 5. The normalized spacial score (nSPS) is 22.9. The van der Waals surface area contributed by atoms with Crippen LogP contribution in [0.4, 0.5) is 4.79 Å². The van der Waals surface area contributed by atoms with Crippen LogP contribution in [0, 0.1) is 0 Å². The Hall–Kier alpha value is -1.17. The van der Waals surface area contributed by atoms with Gasteiger partial charge in [-0.1, -0.05) is 15.9 Å². The van der Waals surface area contributed by atoms with Gasteiger partial charge in [0.1, 0.15) is 0 Å². The number of sulfonamides is 1. The van der Waals surface area contributed by atoms with E-state index in [1.807, 2.05) is 0 Å². The Kier molecular flexibility index (Phi) is 5.89. The number of sulfone groups is 1. The fraction of sp³-hybridized carbons (Fsp3) is 0.462. The summed E-state index contributed by atoms with van der Waals surface area (Å²) in [4.78, 5) is 11.5. The summed E-state index contributed by atoms with van der Waals surface area (Å²) in [6.07, 6.45) is -0.785. The lowest BCUT2D eigenvalue weighted by molar-refractivity contribution is 0.148. The van der Waals surface area contributed by atoms with Crippen LogP contribution in [0.1, 0.15) is 6.92 Å². The number of carbonyl (C=O) groups excluding carboxylic acids is 1. The number of hydrogen-bond acceptors (Lipinski definition) is 6. The topological polar surface area (TPSA) is 119 Å². The lowest BCUT2D eigenvalue weighted by Gasteiger charge is -2.20. The maximum Gasteiger partial charge on any atom is 0.407 e. The summed E-state index contributed by atoms with van der Waals surface area (Å²) < 4.78 is 56.2. The smallest absolute Gasteiger partial charge is 0.407 e. The van der Waals surface area contributed by atoms with Crippen LogP contribution in [-0.2, 0) is 24.6 Å². The standard InChI is InChI=1S/C13H17BrN2O6S2/c1-2-22-13(17)15-11-7-23(18,19)8-12(11)16-24(20,21)10-5-3-9(14)4-6-10/h3-6,11-12,16H,2,7-8H2,1H3,(H,15,17)/t11-,12+/m0/s1. The van der Waals surface area contributed by atoms with Gasteiger partial charge in [-0.3, -0.25) is 0 Å². The number of halogens is 1. The van der Waals surface area contributed by atoms with Crippen molar-refractivity contribution in [2.45, 2.75) is 23.9 Å². The average Bonchev–Trinajstić information content (AvgIpc) is 2.72. The zero-order chi connectivity index (χ0) is 18.0. The third-order valence-electron chi connectivity index (χ3n) is 3.36. The molecule has 0 spiro atoms. The summed E-state index contributed by atoms with van der Waals surface area (Å²) in [7, 11) is -7.39. The molecular weight excluding hydrogens is 424 g/mol. The fourth-order valence-electron chi connectivity index (χ4n) is 2.31. The molecule has 24 heavy (non-hydrogen) atoms. The van der Waals surface area contributed by atoms with Gasteiger partial charge in [-0.25, -0.2) is 26.4 Å². The largest absolute Gasteiger partial charge is 0.450 e. The molecule has 0 aromatic heterocycles. The van der Waals surface area contributed by atoms with E-state index in [-0.39, 0.29) is 23.0 Å². The van der Waals surface area contributed by atoms with Crippen molar-refractivity contribution in [3.8, 4) is 0 Å². The zero-order valence-corrected chi connectivity index (χ0v) is 15.9. The second-order valence-corrected chi connectivity index (χ2v) is 10.0. The third kappa shape index (κ3) is 4.91. The molecule has 2 N–H and O–H groups in total. The summed E-state index contributed by atoms with van der Waals surface area (Å²) >= 11 is 3.21. The number of carbonyl (C=O) groups is 1. The van der Waals surface area contributed by atoms with Gasteiger partial charge >= 0.3 is 6.09 Å². The molecule has 1 aromatic rings. The molecule has 1 aliphatic heterocycles. The van der Waals surface area contributed by atoms with Crippen molar-refractivity contribution in [1.29, 1.82) is 0 Å². The molecule has 2 atom stereocenters. The van der Waals surface area contributed by atoms with Gasteiger partial charge in [0.25, 0.3) is 0 Å². The monoisotopic (exact) mass is 440 g/mol. The molecule has 11 heteroatoms. The first-order valence-corrected chi connectivity index (χ1v) is 11.1. The Morgan fingerprint density at radius 3 is 2.42 bits per heavy atom.